The fraction of sp³-hybridized carbons (Fsp3) is 0. The Labute approximate surface area is 116 Å². The molecule has 0 aliphatic rings. The zero-order chi connectivity index (χ0) is 7.56. The van der Waals surface area contributed by atoms with Crippen molar-refractivity contribution in [2.75, 3.05) is 0 Å². The molecule has 2 nitrogen and oxygen atoms in total. The molecule has 53 valence electrons. The summed E-state index contributed by atoms with van der Waals surface area (Å²) >= 11 is 3.12. The molecule has 4 heteroatoms. The van der Waals surface area contributed by atoms with E-state index in [0.29, 0.717) is 10.0 Å². The summed E-state index contributed by atoms with van der Waals surface area (Å²) in [6, 6.07) is 6.71. The van der Waals surface area contributed by atoms with Gasteiger partial charge in [0.1, 0.15) is 0 Å². The van der Waals surface area contributed by atoms with Crippen LogP contribution in [-0.2, 0) is 0 Å². The Hall–Kier alpha value is 0.806. The van der Waals surface area contributed by atoms with Gasteiger partial charge in [-0.15, -0.1) is 0 Å². The van der Waals surface area contributed by atoms with Gasteiger partial charge in [0.2, 0.25) is 0 Å². The minimum atomic E-state index is -0.910. The molecule has 0 saturated heterocycles. The van der Waals surface area contributed by atoms with Gasteiger partial charge in [-0.1, -0.05) is 12.1 Å². The number of hydrogen-bond donors (Lipinski definition) is 1. The third-order valence-electron chi connectivity index (χ3n) is 1.10. The number of carboxylic acids is 1. The second-order valence-corrected chi connectivity index (χ2v) is 2.64. The Bertz CT molecular complexity index is 262. The SMILES string of the molecule is O=C(O)c1ccccc1Br.[K]. The van der Waals surface area contributed by atoms with Crippen LogP contribution in [0.2, 0.25) is 0 Å². The summed E-state index contributed by atoms with van der Waals surface area (Å²) in [5.74, 6) is -0.910. The first-order valence-electron chi connectivity index (χ1n) is 2.69. The maximum atomic E-state index is 10.4. The Morgan fingerprint density at radius 1 is 1.36 bits per heavy atom. The number of rotatable bonds is 1. The number of aromatic carboxylic acids is 1. The fourth-order valence-electron chi connectivity index (χ4n) is 0.635. The van der Waals surface area contributed by atoms with Gasteiger partial charge < -0.3 is 5.11 Å². The molecule has 0 bridgehead atoms. The van der Waals surface area contributed by atoms with Crippen LogP contribution in [0.5, 0.6) is 0 Å². The topological polar surface area (TPSA) is 37.3 Å². The van der Waals surface area contributed by atoms with Gasteiger partial charge in [-0.2, -0.15) is 0 Å². The van der Waals surface area contributed by atoms with Crippen LogP contribution in [0.15, 0.2) is 28.7 Å². The van der Waals surface area contributed by atoms with Crippen molar-refractivity contribution in [2.45, 2.75) is 0 Å². The van der Waals surface area contributed by atoms with Gasteiger partial charge in [0.15, 0.2) is 0 Å². The van der Waals surface area contributed by atoms with E-state index in [4.69, 9.17) is 5.11 Å². The van der Waals surface area contributed by atoms with Gasteiger partial charge in [-0.05, 0) is 28.1 Å². The van der Waals surface area contributed by atoms with E-state index in [0.717, 1.165) is 0 Å². The molecule has 0 fully saturated rings. The Kier molecular flexibility index (Phi) is 5.85. The largest absolute Gasteiger partial charge is 0.478 e. The van der Waals surface area contributed by atoms with Crippen molar-refractivity contribution in [3.8, 4) is 0 Å². The van der Waals surface area contributed by atoms with Crippen LogP contribution >= 0.6 is 15.9 Å². The maximum Gasteiger partial charge on any atom is 0.336 e. The van der Waals surface area contributed by atoms with E-state index in [1.807, 2.05) is 0 Å². The van der Waals surface area contributed by atoms with E-state index in [1.54, 1.807) is 24.3 Å². The van der Waals surface area contributed by atoms with Crippen LogP contribution in [0.25, 0.3) is 0 Å². The van der Waals surface area contributed by atoms with Crippen molar-refractivity contribution in [1.82, 2.24) is 0 Å². The summed E-state index contributed by atoms with van der Waals surface area (Å²) < 4.78 is 0.613. The fourth-order valence-corrected chi connectivity index (χ4v) is 1.09. The molecule has 1 radical (unpaired) electrons. The monoisotopic (exact) mass is 239 g/mol. The quantitative estimate of drug-likeness (QED) is 0.759. The molecule has 11 heavy (non-hydrogen) atoms. The standard InChI is InChI=1S/C7H5BrO2.K/c8-6-4-2-1-3-5(6)7(9)10;/h1-4H,(H,9,10);. The average Bonchev–Trinajstić information content (AvgIpc) is 1.88. The second-order valence-electron chi connectivity index (χ2n) is 1.78. The Morgan fingerprint density at radius 2 is 1.91 bits per heavy atom. The van der Waals surface area contributed by atoms with Crippen molar-refractivity contribution in [2.24, 2.45) is 0 Å². The van der Waals surface area contributed by atoms with Gasteiger partial charge in [-0.25, -0.2) is 4.79 Å². The molecular weight excluding hydrogens is 235 g/mol. The minimum Gasteiger partial charge on any atom is -0.478 e. The zero-order valence-electron chi connectivity index (χ0n) is 6.04. The third kappa shape index (κ3) is 3.35. The molecule has 0 unspecified atom stereocenters. The van der Waals surface area contributed by atoms with Crippen molar-refractivity contribution in [1.29, 1.82) is 0 Å². The first kappa shape index (κ1) is 11.8. The number of carbonyl (C=O) groups is 1. The van der Waals surface area contributed by atoms with Crippen LogP contribution in [0.4, 0.5) is 0 Å². The van der Waals surface area contributed by atoms with Crippen molar-refractivity contribution in [3.05, 3.63) is 34.3 Å². The van der Waals surface area contributed by atoms with Gasteiger partial charge in [0.05, 0.1) is 5.56 Å². The Morgan fingerprint density at radius 3 is 2.27 bits per heavy atom. The first-order chi connectivity index (χ1) is 4.72. The predicted molar refractivity (Wildman–Crippen MR) is 46.9 cm³/mol. The number of halogens is 1. The average molecular weight is 240 g/mol. The van der Waals surface area contributed by atoms with E-state index < -0.39 is 5.97 Å². The smallest absolute Gasteiger partial charge is 0.336 e. The van der Waals surface area contributed by atoms with Crippen molar-refractivity contribution < 1.29 is 9.90 Å². The molecule has 1 aromatic carbocycles. The molecule has 1 aromatic rings. The van der Waals surface area contributed by atoms with Crippen LogP contribution in [0.3, 0.4) is 0 Å². The third-order valence-corrected chi connectivity index (χ3v) is 1.80. The maximum absolute atomic E-state index is 10.4. The molecule has 1 N–H and O–H groups in total. The van der Waals surface area contributed by atoms with E-state index in [1.165, 1.54) is 0 Å². The molecule has 0 aliphatic carbocycles. The summed E-state index contributed by atoms with van der Waals surface area (Å²) in [5, 5.41) is 8.54. The molecule has 1 rings (SSSR count). The van der Waals surface area contributed by atoms with Crippen LogP contribution in [0, 0.1) is 0 Å². The zero-order valence-corrected chi connectivity index (χ0v) is 10.8. The number of carboxylic acid groups (broad SMARTS) is 1. The van der Waals surface area contributed by atoms with Gasteiger partial charge in [-0.3, -0.25) is 0 Å². The molecule has 0 atom stereocenters. The van der Waals surface area contributed by atoms with Crippen LogP contribution in [0.1, 0.15) is 10.4 Å². The summed E-state index contributed by atoms with van der Waals surface area (Å²) in [4.78, 5) is 10.4. The predicted octanol–water partition coefficient (Wildman–Crippen LogP) is 1.77. The minimum absolute atomic E-state index is 0. The van der Waals surface area contributed by atoms with Crippen molar-refractivity contribution in [3.63, 3.8) is 0 Å². The van der Waals surface area contributed by atoms with Crippen LogP contribution in [-0.4, -0.2) is 62.5 Å². The number of benzene rings is 1. The van der Waals surface area contributed by atoms with Gasteiger partial charge in [0.25, 0.3) is 0 Å². The normalized spacial score (nSPS) is 8.45. The van der Waals surface area contributed by atoms with E-state index in [9.17, 15) is 4.79 Å². The van der Waals surface area contributed by atoms with Crippen molar-refractivity contribution >= 4 is 73.3 Å². The van der Waals surface area contributed by atoms with Crippen LogP contribution < -0.4 is 0 Å². The van der Waals surface area contributed by atoms with Gasteiger partial charge >= 0.3 is 5.97 Å². The molecule has 0 saturated carbocycles. The van der Waals surface area contributed by atoms with Gasteiger partial charge in [0, 0.05) is 55.9 Å². The Balaban J connectivity index is 0.000001000. The molecule has 0 heterocycles. The summed E-state index contributed by atoms with van der Waals surface area (Å²) in [6.07, 6.45) is 0. The van der Waals surface area contributed by atoms with E-state index >= 15 is 0 Å². The van der Waals surface area contributed by atoms with E-state index in [2.05, 4.69) is 15.9 Å². The number of hydrogen-bond acceptors (Lipinski definition) is 1. The summed E-state index contributed by atoms with van der Waals surface area (Å²) in [5.41, 5.74) is 0.294. The summed E-state index contributed by atoms with van der Waals surface area (Å²) in [6.45, 7) is 0. The molecule has 0 amide bonds. The molecule has 0 spiro atoms. The molecule has 0 aliphatic heterocycles. The molecule has 0 aromatic heterocycles. The molecular formula is C7H5BrKO2. The first-order valence-corrected chi connectivity index (χ1v) is 3.49. The van der Waals surface area contributed by atoms with E-state index in [-0.39, 0.29) is 51.4 Å². The summed E-state index contributed by atoms with van der Waals surface area (Å²) in [7, 11) is 0. The second kappa shape index (κ2) is 5.45.